The van der Waals surface area contributed by atoms with E-state index in [9.17, 15) is 4.79 Å². The van der Waals surface area contributed by atoms with E-state index in [0.717, 1.165) is 6.42 Å². The summed E-state index contributed by atoms with van der Waals surface area (Å²) >= 11 is 0. The Hall–Kier alpha value is -1.22. The molecule has 0 unspecified atom stereocenters. The normalized spacial score (nSPS) is 25.2. The molecule has 1 saturated carbocycles. The van der Waals surface area contributed by atoms with Crippen molar-refractivity contribution >= 4 is 5.97 Å². The standard InChI is InChI=1S/C8H13N3O2/c1-5(2)13-8(12)7-3-6(7)4-10-11-9/h5-7H,3-4H2,1-2H3/t6-,7+/m0/s1. The molecule has 5 heteroatoms. The molecule has 1 rings (SSSR count). The number of azide groups is 1. The van der Waals surface area contributed by atoms with E-state index in [-0.39, 0.29) is 23.9 Å². The Morgan fingerprint density at radius 3 is 3.00 bits per heavy atom. The Bertz CT molecular complexity index is 246. The highest BCUT2D eigenvalue weighted by Crippen LogP contribution is 2.39. The molecule has 0 bridgehead atoms. The molecule has 5 nitrogen and oxygen atoms in total. The van der Waals surface area contributed by atoms with Crippen LogP contribution in [0.3, 0.4) is 0 Å². The second-order valence-corrected chi connectivity index (χ2v) is 3.50. The third kappa shape index (κ3) is 2.95. The van der Waals surface area contributed by atoms with Crippen molar-refractivity contribution in [2.75, 3.05) is 6.54 Å². The first-order chi connectivity index (χ1) is 6.15. The predicted molar refractivity (Wildman–Crippen MR) is 46.8 cm³/mol. The van der Waals surface area contributed by atoms with Crippen LogP contribution < -0.4 is 0 Å². The van der Waals surface area contributed by atoms with E-state index < -0.39 is 0 Å². The van der Waals surface area contributed by atoms with Gasteiger partial charge >= 0.3 is 5.97 Å². The fourth-order valence-electron chi connectivity index (χ4n) is 1.20. The zero-order valence-electron chi connectivity index (χ0n) is 7.80. The van der Waals surface area contributed by atoms with Crippen LogP contribution in [0.2, 0.25) is 0 Å². The average Bonchev–Trinajstić information content (AvgIpc) is 2.78. The second kappa shape index (κ2) is 4.14. The molecule has 72 valence electrons. The number of ether oxygens (including phenoxy) is 1. The molecule has 0 amide bonds. The first kappa shape index (κ1) is 9.86. The number of carbonyl (C=O) groups is 1. The van der Waals surface area contributed by atoms with Crippen LogP contribution in [0, 0.1) is 11.8 Å². The van der Waals surface area contributed by atoms with Gasteiger partial charge in [0.05, 0.1) is 12.0 Å². The second-order valence-electron chi connectivity index (χ2n) is 3.50. The van der Waals surface area contributed by atoms with Gasteiger partial charge in [-0.1, -0.05) is 5.11 Å². The Morgan fingerprint density at radius 1 is 1.77 bits per heavy atom. The summed E-state index contributed by atoms with van der Waals surface area (Å²) in [4.78, 5) is 13.9. The highest BCUT2D eigenvalue weighted by atomic mass is 16.5. The maximum atomic E-state index is 11.2. The van der Waals surface area contributed by atoms with E-state index >= 15 is 0 Å². The average molecular weight is 183 g/mol. The monoisotopic (exact) mass is 183 g/mol. The van der Waals surface area contributed by atoms with Crippen LogP contribution in [0.25, 0.3) is 10.4 Å². The lowest BCUT2D eigenvalue weighted by Gasteiger charge is -2.06. The molecule has 1 aliphatic carbocycles. The first-order valence-electron chi connectivity index (χ1n) is 4.36. The van der Waals surface area contributed by atoms with Crippen LogP contribution >= 0.6 is 0 Å². The quantitative estimate of drug-likeness (QED) is 0.289. The van der Waals surface area contributed by atoms with E-state index in [2.05, 4.69) is 10.0 Å². The summed E-state index contributed by atoms with van der Waals surface area (Å²) in [6, 6.07) is 0. The van der Waals surface area contributed by atoms with Gasteiger partial charge in [-0.15, -0.1) is 0 Å². The molecular formula is C8H13N3O2. The van der Waals surface area contributed by atoms with Crippen LogP contribution in [-0.4, -0.2) is 18.6 Å². The molecule has 0 N–H and O–H groups in total. The summed E-state index contributed by atoms with van der Waals surface area (Å²) in [7, 11) is 0. The van der Waals surface area contributed by atoms with Crippen molar-refractivity contribution in [2.24, 2.45) is 17.0 Å². The van der Waals surface area contributed by atoms with Gasteiger partial charge in [0.1, 0.15) is 0 Å². The minimum atomic E-state index is -0.159. The summed E-state index contributed by atoms with van der Waals surface area (Å²) in [5.74, 6) is 0.0168. The molecule has 2 atom stereocenters. The van der Waals surface area contributed by atoms with Gasteiger partial charge in [0.15, 0.2) is 0 Å². The van der Waals surface area contributed by atoms with E-state index in [4.69, 9.17) is 10.3 Å². The molecule has 0 saturated heterocycles. The maximum absolute atomic E-state index is 11.2. The van der Waals surface area contributed by atoms with Crippen LogP contribution in [0.15, 0.2) is 5.11 Å². The number of hydrogen-bond donors (Lipinski definition) is 0. The van der Waals surface area contributed by atoms with Gasteiger partial charge in [0.25, 0.3) is 0 Å². The summed E-state index contributed by atoms with van der Waals surface area (Å²) in [6.45, 7) is 4.06. The molecule has 0 aromatic rings. The minimum absolute atomic E-state index is 0.0344. The predicted octanol–water partition coefficient (Wildman–Crippen LogP) is 1.88. The summed E-state index contributed by atoms with van der Waals surface area (Å²) < 4.78 is 5.01. The zero-order chi connectivity index (χ0) is 9.84. The van der Waals surface area contributed by atoms with Crippen molar-refractivity contribution < 1.29 is 9.53 Å². The van der Waals surface area contributed by atoms with Crippen LogP contribution in [0.1, 0.15) is 20.3 Å². The van der Waals surface area contributed by atoms with Crippen molar-refractivity contribution in [1.29, 1.82) is 0 Å². The smallest absolute Gasteiger partial charge is 0.309 e. The molecule has 1 fully saturated rings. The van der Waals surface area contributed by atoms with E-state index in [1.807, 2.05) is 13.8 Å². The number of carbonyl (C=O) groups excluding carboxylic acids is 1. The minimum Gasteiger partial charge on any atom is -0.463 e. The topological polar surface area (TPSA) is 75.1 Å². The van der Waals surface area contributed by atoms with Crippen molar-refractivity contribution in [3.8, 4) is 0 Å². The van der Waals surface area contributed by atoms with Crippen molar-refractivity contribution in [3.63, 3.8) is 0 Å². The highest BCUT2D eigenvalue weighted by Gasteiger charge is 2.43. The van der Waals surface area contributed by atoms with E-state index in [1.54, 1.807) is 0 Å². The van der Waals surface area contributed by atoms with Crippen LogP contribution in [0.4, 0.5) is 0 Å². The third-order valence-corrected chi connectivity index (χ3v) is 1.96. The Labute approximate surface area is 76.7 Å². The molecule has 0 radical (unpaired) electrons. The maximum Gasteiger partial charge on any atom is 0.309 e. The summed E-state index contributed by atoms with van der Waals surface area (Å²) in [6.07, 6.45) is 0.734. The Kier molecular flexibility index (Phi) is 3.14. The summed E-state index contributed by atoms with van der Waals surface area (Å²) in [5, 5.41) is 3.42. The van der Waals surface area contributed by atoms with Gasteiger partial charge in [-0.3, -0.25) is 4.79 Å². The molecule has 0 heterocycles. The van der Waals surface area contributed by atoms with Crippen molar-refractivity contribution in [3.05, 3.63) is 10.4 Å². The molecule has 0 aliphatic heterocycles. The van der Waals surface area contributed by atoms with Gasteiger partial charge in [0.2, 0.25) is 0 Å². The molecule has 0 aromatic carbocycles. The molecule has 0 aromatic heterocycles. The van der Waals surface area contributed by atoms with E-state index in [1.165, 1.54) is 0 Å². The van der Waals surface area contributed by atoms with Crippen molar-refractivity contribution in [1.82, 2.24) is 0 Å². The van der Waals surface area contributed by atoms with Gasteiger partial charge in [-0.25, -0.2) is 0 Å². The largest absolute Gasteiger partial charge is 0.463 e. The molecular weight excluding hydrogens is 170 g/mol. The third-order valence-electron chi connectivity index (χ3n) is 1.96. The molecule has 1 aliphatic rings. The molecule has 13 heavy (non-hydrogen) atoms. The lowest BCUT2D eigenvalue weighted by atomic mass is 10.3. The van der Waals surface area contributed by atoms with Gasteiger partial charge in [0, 0.05) is 11.5 Å². The number of rotatable bonds is 4. The molecule has 0 spiro atoms. The number of hydrogen-bond acceptors (Lipinski definition) is 3. The Balaban J connectivity index is 2.25. The number of nitrogens with zero attached hydrogens (tertiary/aromatic N) is 3. The van der Waals surface area contributed by atoms with E-state index in [0.29, 0.717) is 6.54 Å². The Morgan fingerprint density at radius 2 is 2.46 bits per heavy atom. The summed E-state index contributed by atoms with van der Waals surface area (Å²) in [5.41, 5.74) is 8.06. The van der Waals surface area contributed by atoms with Crippen molar-refractivity contribution in [2.45, 2.75) is 26.4 Å². The van der Waals surface area contributed by atoms with Crippen LogP contribution in [0.5, 0.6) is 0 Å². The lowest BCUT2D eigenvalue weighted by Crippen LogP contribution is -2.14. The lowest BCUT2D eigenvalue weighted by molar-refractivity contribution is -0.149. The highest BCUT2D eigenvalue weighted by molar-refractivity contribution is 5.75. The first-order valence-corrected chi connectivity index (χ1v) is 4.36. The number of esters is 1. The van der Waals surface area contributed by atoms with Gasteiger partial charge in [-0.05, 0) is 31.7 Å². The van der Waals surface area contributed by atoms with Gasteiger partial charge < -0.3 is 4.74 Å². The fourth-order valence-corrected chi connectivity index (χ4v) is 1.20. The zero-order valence-corrected chi connectivity index (χ0v) is 7.80. The van der Waals surface area contributed by atoms with Gasteiger partial charge in [-0.2, -0.15) is 0 Å². The SMILES string of the molecule is CC(C)OC(=O)[C@@H]1C[C@H]1CN=[N+]=[N-]. The van der Waals surface area contributed by atoms with Crippen LogP contribution in [-0.2, 0) is 9.53 Å². The fraction of sp³-hybridized carbons (Fsp3) is 0.875.